The Morgan fingerprint density at radius 1 is 0.647 bits per heavy atom. The van der Waals surface area contributed by atoms with Crippen molar-refractivity contribution in [3.8, 4) is 11.5 Å². The lowest BCUT2D eigenvalue weighted by molar-refractivity contribution is -0.439. The molecule has 0 N–H and O–H groups in total. The van der Waals surface area contributed by atoms with Crippen molar-refractivity contribution in [1.82, 2.24) is 0 Å². The molecule has 2 heterocycles. The molecular weight excluding hydrogens is 692 g/mol. The standard InChI is InChI=1S/C46H51N2O2.BrH/c1-44(2)32-34(30-42-45(3,4)38-21-13-15-23-40(38)47(42)25-27-49-36-17-9-7-10-18-36)29-35(33-44)31-43-46(5,6)39-22-14-16-24-41(39)48(43)26-28-50-37-19-11-8-12-20-37;/h7-24,29-31H,25-28,32-33H2,1-6H3;1H/q+1;/p-1. The van der Waals surface area contributed by atoms with Crippen LogP contribution in [0.4, 0.5) is 11.4 Å². The third-order valence-electron chi connectivity index (χ3n) is 10.6. The molecule has 5 heteroatoms. The summed E-state index contributed by atoms with van der Waals surface area (Å²) in [5.41, 5.74) is 10.6. The summed E-state index contributed by atoms with van der Waals surface area (Å²) in [7, 11) is 0. The van der Waals surface area contributed by atoms with E-state index in [2.05, 4.69) is 118 Å². The summed E-state index contributed by atoms with van der Waals surface area (Å²) in [6, 6.07) is 38.0. The predicted molar refractivity (Wildman–Crippen MR) is 207 cm³/mol. The molecular formula is C46H51BrN2O2. The number of para-hydroxylation sites is 4. The zero-order valence-corrected chi connectivity index (χ0v) is 32.5. The average Bonchev–Trinajstić information content (AvgIpc) is 3.44. The van der Waals surface area contributed by atoms with Gasteiger partial charge in [-0.25, -0.2) is 0 Å². The number of ether oxygens (including phenoxy) is 2. The number of rotatable bonds is 10. The van der Waals surface area contributed by atoms with Crippen LogP contribution in [-0.2, 0) is 10.8 Å². The molecule has 0 spiro atoms. The molecule has 0 radical (unpaired) electrons. The maximum Gasteiger partial charge on any atom is 0.209 e. The van der Waals surface area contributed by atoms with Crippen LogP contribution in [0.2, 0.25) is 0 Å². The quantitative estimate of drug-likeness (QED) is 0.157. The topological polar surface area (TPSA) is 24.7 Å². The summed E-state index contributed by atoms with van der Waals surface area (Å²) >= 11 is 0. The van der Waals surface area contributed by atoms with Crippen LogP contribution >= 0.6 is 0 Å². The van der Waals surface area contributed by atoms with Gasteiger partial charge in [0.1, 0.15) is 24.7 Å². The molecule has 7 rings (SSSR count). The molecule has 2 aliphatic heterocycles. The number of anilines is 1. The largest absolute Gasteiger partial charge is 1.00 e. The minimum absolute atomic E-state index is 0. The zero-order chi connectivity index (χ0) is 34.9. The molecule has 1 aliphatic carbocycles. The first-order valence-electron chi connectivity index (χ1n) is 18.1. The Bertz CT molecular complexity index is 1990. The van der Waals surface area contributed by atoms with E-state index in [0.717, 1.165) is 37.4 Å². The SMILES string of the molecule is CC1(C)CC(/C=C2\N(CCOc3ccccc3)c3ccccc3C2(C)C)=CC(=C/C2=[N+](CCOc3ccccc3)c3ccccc3C2(C)C)/C1.[Br-]. The fourth-order valence-electron chi connectivity index (χ4n) is 8.27. The first-order chi connectivity index (χ1) is 24.0. The average molecular weight is 744 g/mol. The Morgan fingerprint density at radius 2 is 1.24 bits per heavy atom. The summed E-state index contributed by atoms with van der Waals surface area (Å²) in [6.45, 7) is 17.1. The maximum absolute atomic E-state index is 6.21. The fourth-order valence-corrected chi connectivity index (χ4v) is 8.27. The highest BCUT2D eigenvalue weighted by atomic mass is 79.9. The van der Waals surface area contributed by atoms with Crippen LogP contribution in [0.25, 0.3) is 0 Å². The van der Waals surface area contributed by atoms with Crippen LogP contribution in [0.15, 0.2) is 144 Å². The van der Waals surface area contributed by atoms with E-state index in [1.54, 1.807) is 0 Å². The lowest BCUT2D eigenvalue weighted by Gasteiger charge is -2.33. The summed E-state index contributed by atoms with van der Waals surface area (Å²) in [5.74, 6) is 1.82. The molecule has 0 amide bonds. The van der Waals surface area contributed by atoms with Gasteiger partial charge in [-0.15, -0.1) is 0 Å². The van der Waals surface area contributed by atoms with Gasteiger partial charge in [0.15, 0.2) is 12.3 Å². The highest BCUT2D eigenvalue weighted by Crippen LogP contribution is 2.49. The Morgan fingerprint density at radius 3 is 1.92 bits per heavy atom. The first kappa shape index (κ1) is 36.4. The van der Waals surface area contributed by atoms with Gasteiger partial charge >= 0.3 is 0 Å². The molecule has 0 atom stereocenters. The summed E-state index contributed by atoms with van der Waals surface area (Å²) in [6.07, 6.45) is 9.51. The smallest absolute Gasteiger partial charge is 0.209 e. The number of benzene rings is 4. The van der Waals surface area contributed by atoms with Crippen LogP contribution in [0.3, 0.4) is 0 Å². The Kier molecular flexibility index (Phi) is 10.5. The third kappa shape index (κ3) is 7.51. The van der Waals surface area contributed by atoms with Crippen molar-refractivity contribution in [2.24, 2.45) is 5.41 Å². The number of hydrogen-bond acceptors (Lipinski definition) is 3. The van der Waals surface area contributed by atoms with Crippen molar-refractivity contribution in [3.05, 3.63) is 155 Å². The van der Waals surface area contributed by atoms with E-state index < -0.39 is 0 Å². The van der Waals surface area contributed by atoms with Crippen LogP contribution in [-0.4, -0.2) is 36.6 Å². The van der Waals surface area contributed by atoms with Gasteiger partial charge in [0.25, 0.3) is 0 Å². The predicted octanol–water partition coefficient (Wildman–Crippen LogP) is 7.58. The molecule has 0 aromatic heterocycles. The van der Waals surface area contributed by atoms with Gasteiger partial charge in [0, 0.05) is 34.5 Å². The molecule has 0 unspecified atom stereocenters. The molecule has 4 nitrogen and oxygen atoms in total. The van der Waals surface area contributed by atoms with Gasteiger partial charge in [-0.3, -0.25) is 0 Å². The fraction of sp³-hybridized carbons (Fsp3) is 0.326. The van der Waals surface area contributed by atoms with E-state index in [4.69, 9.17) is 9.47 Å². The van der Waals surface area contributed by atoms with Crippen molar-refractivity contribution in [3.63, 3.8) is 0 Å². The molecule has 264 valence electrons. The normalized spacial score (nSPS) is 19.7. The molecule has 51 heavy (non-hydrogen) atoms. The minimum atomic E-state index is -0.130. The van der Waals surface area contributed by atoms with Gasteiger partial charge in [-0.2, -0.15) is 4.58 Å². The van der Waals surface area contributed by atoms with Crippen molar-refractivity contribution < 1.29 is 31.0 Å². The number of fused-ring (bicyclic) bond motifs is 2. The van der Waals surface area contributed by atoms with Gasteiger partial charge in [0.05, 0.1) is 12.0 Å². The van der Waals surface area contributed by atoms with E-state index in [0.29, 0.717) is 13.2 Å². The Hall–Kier alpha value is -4.35. The van der Waals surface area contributed by atoms with E-state index >= 15 is 0 Å². The lowest BCUT2D eigenvalue weighted by atomic mass is 9.73. The Balaban J connectivity index is 0.00000448. The van der Waals surface area contributed by atoms with Crippen molar-refractivity contribution in [1.29, 1.82) is 0 Å². The second-order valence-corrected chi connectivity index (χ2v) is 15.8. The van der Waals surface area contributed by atoms with Crippen LogP contribution in [0, 0.1) is 5.41 Å². The van der Waals surface area contributed by atoms with Crippen molar-refractivity contribution in [2.45, 2.75) is 65.2 Å². The Labute approximate surface area is 315 Å². The number of nitrogens with zero attached hydrogens (tertiary/aromatic N) is 2. The molecule has 4 aromatic carbocycles. The molecule has 0 saturated carbocycles. The summed E-state index contributed by atoms with van der Waals surface area (Å²) in [4.78, 5) is 2.49. The zero-order valence-electron chi connectivity index (χ0n) is 31.0. The van der Waals surface area contributed by atoms with Crippen molar-refractivity contribution >= 4 is 17.1 Å². The van der Waals surface area contributed by atoms with E-state index in [1.807, 2.05) is 60.7 Å². The lowest BCUT2D eigenvalue weighted by Crippen LogP contribution is -3.00. The third-order valence-corrected chi connectivity index (χ3v) is 10.6. The first-order valence-corrected chi connectivity index (χ1v) is 18.1. The van der Waals surface area contributed by atoms with Gasteiger partial charge < -0.3 is 31.4 Å². The van der Waals surface area contributed by atoms with Crippen molar-refractivity contribution in [2.75, 3.05) is 31.2 Å². The van der Waals surface area contributed by atoms with Gasteiger partial charge in [-0.1, -0.05) is 107 Å². The molecule has 3 aliphatic rings. The summed E-state index contributed by atoms with van der Waals surface area (Å²) in [5, 5.41) is 0. The highest BCUT2D eigenvalue weighted by Gasteiger charge is 2.45. The number of halogens is 1. The van der Waals surface area contributed by atoms with Crippen LogP contribution < -0.4 is 31.4 Å². The van der Waals surface area contributed by atoms with Gasteiger partial charge in [-0.05, 0) is 85.2 Å². The van der Waals surface area contributed by atoms with E-state index in [9.17, 15) is 0 Å². The minimum Gasteiger partial charge on any atom is -1.00 e. The van der Waals surface area contributed by atoms with E-state index in [-0.39, 0.29) is 33.2 Å². The molecule has 0 bridgehead atoms. The maximum atomic E-state index is 6.21. The van der Waals surface area contributed by atoms with Crippen LogP contribution in [0.1, 0.15) is 65.5 Å². The number of allylic oxidation sites excluding steroid dienone is 6. The molecule has 4 aromatic rings. The van der Waals surface area contributed by atoms with Crippen LogP contribution in [0.5, 0.6) is 11.5 Å². The molecule has 0 saturated heterocycles. The second kappa shape index (κ2) is 14.7. The molecule has 0 fully saturated rings. The monoisotopic (exact) mass is 742 g/mol. The highest BCUT2D eigenvalue weighted by molar-refractivity contribution is 6.03. The number of hydrogen-bond donors (Lipinski definition) is 0. The second-order valence-electron chi connectivity index (χ2n) is 15.8. The summed E-state index contributed by atoms with van der Waals surface area (Å²) < 4.78 is 14.9. The van der Waals surface area contributed by atoms with Gasteiger partial charge in [0.2, 0.25) is 5.69 Å². The van der Waals surface area contributed by atoms with E-state index in [1.165, 1.54) is 45.1 Å².